The Morgan fingerprint density at radius 2 is 1.86 bits per heavy atom. The molecule has 3 rings (SSSR count). The van der Waals surface area contributed by atoms with E-state index in [-0.39, 0.29) is 12.5 Å². The van der Waals surface area contributed by atoms with Gasteiger partial charge in [0.05, 0.1) is 7.11 Å². The van der Waals surface area contributed by atoms with Crippen molar-refractivity contribution in [2.45, 2.75) is 0 Å². The molecule has 0 radical (unpaired) electrons. The van der Waals surface area contributed by atoms with E-state index < -0.39 is 0 Å². The van der Waals surface area contributed by atoms with Gasteiger partial charge in [-0.3, -0.25) is 4.79 Å². The summed E-state index contributed by atoms with van der Waals surface area (Å²) in [5, 5.41) is 8.62. The molecule has 1 heterocycles. The number of rotatable bonds is 6. The summed E-state index contributed by atoms with van der Waals surface area (Å²) >= 11 is 0. The first-order valence-electron chi connectivity index (χ1n) is 9.16. The van der Waals surface area contributed by atoms with Crippen molar-refractivity contribution < 1.29 is 14.3 Å². The van der Waals surface area contributed by atoms with Crippen LogP contribution >= 0.6 is 0 Å². The van der Waals surface area contributed by atoms with Gasteiger partial charge in [-0.05, 0) is 35.9 Å². The van der Waals surface area contributed by atoms with Crippen LogP contribution < -0.4 is 14.4 Å². The van der Waals surface area contributed by atoms with Crippen LogP contribution in [0.1, 0.15) is 5.56 Å². The Kier molecular flexibility index (Phi) is 6.53. The number of ether oxygens (including phenoxy) is 2. The minimum Gasteiger partial charge on any atom is -0.493 e. The van der Waals surface area contributed by atoms with Gasteiger partial charge < -0.3 is 19.3 Å². The fourth-order valence-corrected chi connectivity index (χ4v) is 3.11. The predicted molar refractivity (Wildman–Crippen MR) is 108 cm³/mol. The van der Waals surface area contributed by atoms with Crippen molar-refractivity contribution in [3.63, 3.8) is 0 Å². The number of nitrogens with zero attached hydrogens (tertiary/aromatic N) is 3. The topological polar surface area (TPSA) is 65.8 Å². The minimum absolute atomic E-state index is 0.00325. The summed E-state index contributed by atoms with van der Waals surface area (Å²) in [7, 11) is 1.54. The summed E-state index contributed by atoms with van der Waals surface area (Å²) in [6.07, 6.45) is 3.35. The second-order valence-electron chi connectivity index (χ2n) is 6.34. The molecule has 1 fully saturated rings. The Bertz CT molecular complexity index is 866. The van der Waals surface area contributed by atoms with E-state index in [4.69, 9.17) is 14.7 Å². The van der Waals surface area contributed by atoms with Gasteiger partial charge in [-0.25, -0.2) is 0 Å². The van der Waals surface area contributed by atoms with Crippen LogP contribution in [0.15, 0.2) is 54.6 Å². The SMILES string of the molecule is COc1cc(C=CC(=O)N2CCN(c3ccccc3)CC2)ccc1OCC#N. The van der Waals surface area contributed by atoms with Gasteiger partial charge in [0.2, 0.25) is 5.91 Å². The first-order valence-corrected chi connectivity index (χ1v) is 9.16. The standard InChI is InChI=1S/C22H23N3O3/c1-27-21-17-18(7-9-20(21)28-16-11-23)8-10-22(26)25-14-12-24(13-15-25)19-5-3-2-4-6-19/h2-10,17H,12-16H2,1H3. The van der Waals surface area contributed by atoms with Gasteiger partial charge in [0.25, 0.3) is 0 Å². The zero-order valence-corrected chi connectivity index (χ0v) is 15.9. The lowest BCUT2D eigenvalue weighted by molar-refractivity contribution is -0.126. The number of hydrogen-bond acceptors (Lipinski definition) is 5. The van der Waals surface area contributed by atoms with Crippen molar-refractivity contribution in [1.29, 1.82) is 5.26 Å². The Morgan fingerprint density at radius 3 is 2.54 bits per heavy atom. The maximum atomic E-state index is 12.5. The third-order valence-electron chi connectivity index (χ3n) is 4.61. The van der Waals surface area contributed by atoms with Gasteiger partial charge in [0.1, 0.15) is 6.07 Å². The fraction of sp³-hybridized carbons (Fsp3) is 0.273. The van der Waals surface area contributed by atoms with Crippen molar-refractivity contribution in [3.05, 3.63) is 60.2 Å². The van der Waals surface area contributed by atoms with Crippen LogP contribution in [-0.2, 0) is 4.79 Å². The average molecular weight is 377 g/mol. The van der Waals surface area contributed by atoms with Crippen molar-refractivity contribution >= 4 is 17.7 Å². The second-order valence-corrected chi connectivity index (χ2v) is 6.34. The molecule has 0 aliphatic carbocycles. The van der Waals surface area contributed by atoms with Crippen LogP contribution in [0.4, 0.5) is 5.69 Å². The molecule has 6 nitrogen and oxygen atoms in total. The van der Waals surface area contributed by atoms with E-state index >= 15 is 0 Å². The second kappa shape index (κ2) is 9.47. The highest BCUT2D eigenvalue weighted by Crippen LogP contribution is 2.28. The highest BCUT2D eigenvalue weighted by molar-refractivity contribution is 5.92. The van der Waals surface area contributed by atoms with Crippen LogP contribution in [0.3, 0.4) is 0 Å². The van der Waals surface area contributed by atoms with Gasteiger partial charge in [-0.15, -0.1) is 0 Å². The number of benzene rings is 2. The maximum Gasteiger partial charge on any atom is 0.246 e. The summed E-state index contributed by atoms with van der Waals surface area (Å²) < 4.78 is 10.6. The van der Waals surface area contributed by atoms with Crippen LogP contribution in [-0.4, -0.2) is 50.7 Å². The van der Waals surface area contributed by atoms with Gasteiger partial charge in [-0.2, -0.15) is 5.26 Å². The van der Waals surface area contributed by atoms with E-state index in [1.165, 1.54) is 5.69 Å². The van der Waals surface area contributed by atoms with E-state index in [1.54, 1.807) is 31.4 Å². The maximum absolute atomic E-state index is 12.5. The lowest BCUT2D eigenvalue weighted by Crippen LogP contribution is -2.48. The normalized spacial score (nSPS) is 14.0. The number of para-hydroxylation sites is 1. The number of methoxy groups -OCH3 is 1. The molecule has 6 heteroatoms. The summed E-state index contributed by atoms with van der Waals surface area (Å²) in [4.78, 5) is 16.7. The van der Waals surface area contributed by atoms with Crippen LogP contribution in [0.5, 0.6) is 11.5 Å². The zero-order chi connectivity index (χ0) is 19.8. The first kappa shape index (κ1) is 19.3. The van der Waals surface area contributed by atoms with Crippen molar-refractivity contribution in [1.82, 2.24) is 4.90 Å². The van der Waals surface area contributed by atoms with Gasteiger partial charge in [0, 0.05) is 37.9 Å². The van der Waals surface area contributed by atoms with Crippen molar-refractivity contribution in [3.8, 4) is 17.6 Å². The summed E-state index contributed by atoms with van der Waals surface area (Å²) in [5.41, 5.74) is 2.02. The largest absolute Gasteiger partial charge is 0.493 e. The molecular weight excluding hydrogens is 354 g/mol. The Labute approximate surface area is 165 Å². The molecule has 1 amide bonds. The minimum atomic E-state index is -0.0427. The highest BCUT2D eigenvalue weighted by atomic mass is 16.5. The van der Waals surface area contributed by atoms with Gasteiger partial charge in [-0.1, -0.05) is 24.3 Å². The number of nitriles is 1. The number of anilines is 1. The first-order chi connectivity index (χ1) is 13.7. The number of hydrogen-bond donors (Lipinski definition) is 0. The molecule has 1 aliphatic heterocycles. The van der Waals surface area contributed by atoms with E-state index in [1.807, 2.05) is 35.2 Å². The molecule has 144 valence electrons. The van der Waals surface area contributed by atoms with Crippen molar-refractivity contribution in [2.75, 3.05) is 44.8 Å². The van der Waals surface area contributed by atoms with E-state index in [9.17, 15) is 4.79 Å². The molecule has 0 aromatic heterocycles. The Hall–Kier alpha value is -3.46. The van der Waals surface area contributed by atoms with Gasteiger partial charge >= 0.3 is 0 Å². The lowest BCUT2D eigenvalue weighted by atomic mass is 10.1. The Balaban J connectivity index is 1.57. The third-order valence-corrected chi connectivity index (χ3v) is 4.61. The number of piperazine rings is 1. The number of carbonyl (C=O) groups is 1. The highest BCUT2D eigenvalue weighted by Gasteiger charge is 2.19. The molecular formula is C22H23N3O3. The molecule has 2 aromatic rings. The lowest BCUT2D eigenvalue weighted by Gasteiger charge is -2.35. The Morgan fingerprint density at radius 1 is 1.11 bits per heavy atom. The molecule has 0 bridgehead atoms. The third kappa shape index (κ3) is 4.83. The summed E-state index contributed by atoms with van der Waals surface area (Å²) in [5.74, 6) is 1.03. The van der Waals surface area contributed by atoms with Crippen LogP contribution in [0.2, 0.25) is 0 Å². The van der Waals surface area contributed by atoms with E-state index in [2.05, 4.69) is 17.0 Å². The molecule has 0 saturated carbocycles. The quantitative estimate of drug-likeness (QED) is 0.724. The van der Waals surface area contributed by atoms with Crippen molar-refractivity contribution in [2.24, 2.45) is 0 Å². The summed E-state index contributed by atoms with van der Waals surface area (Å²) in [6, 6.07) is 17.5. The van der Waals surface area contributed by atoms with Gasteiger partial charge in [0.15, 0.2) is 18.1 Å². The molecule has 28 heavy (non-hydrogen) atoms. The molecule has 0 unspecified atom stereocenters. The number of carbonyl (C=O) groups excluding carboxylic acids is 1. The van der Waals surface area contributed by atoms with Crippen LogP contribution in [0.25, 0.3) is 6.08 Å². The zero-order valence-electron chi connectivity index (χ0n) is 15.9. The smallest absolute Gasteiger partial charge is 0.246 e. The summed E-state index contributed by atoms with van der Waals surface area (Å²) in [6.45, 7) is 2.99. The molecule has 1 saturated heterocycles. The molecule has 1 aliphatic rings. The average Bonchev–Trinajstić information content (AvgIpc) is 2.77. The molecule has 2 aromatic carbocycles. The van der Waals surface area contributed by atoms with Crippen LogP contribution in [0, 0.1) is 11.3 Å². The monoisotopic (exact) mass is 377 g/mol. The van der Waals surface area contributed by atoms with E-state index in [0.717, 1.165) is 18.7 Å². The molecule has 0 N–H and O–H groups in total. The molecule has 0 spiro atoms. The predicted octanol–water partition coefficient (Wildman–Crippen LogP) is 2.96. The molecule has 0 atom stereocenters. The van der Waals surface area contributed by atoms with E-state index in [0.29, 0.717) is 24.6 Å². The fourth-order valence-electron chi connectivity index (χ4n) is 3.11. The number of amides is 1.